The first-order chi connectivity index (χ1) is 8.58. The average molecular weight is 274 g/mol. The highest BCUT2D eigenvalue weighted by molar-refractivity contribution is 6.66. The van der Waals surface area contributed by atoms with Gasteiger partial charge in [-0.05, 0) is 46.2 Å². The Kier molecular flexibility index (Phi) is 9.91. The standard InChI is InChI=1S/C13H26O4Si/c1-5-10-13(14)15-11-8-9-12-18(4,16-6-2)17-7-3/h5,10H,6-9,11-12H2,1-4H3. The number of ether oxygens (including phenoxy) is 1. The Hall–Kier alpha value is -0.653. The third-order valence-corrected chi connectivity index (χ3v) is 5.53. The second kappa shape index (κ2) is 10.3. The summed E-state index contributed by atoms with van der Waals surface area (Å²) in [6, 6.07) is 0.940. The van der Waals surface area contributed by atoms with Crippen LogP contribution in [-0.4, -0.2) is 34.4 Å². The molecule has 106 valence electrons. The predicted molar refractivity (Wildman–Crippen MR) is 74.7 cm³/mol. The molecule has 0 bridgehead atoms. The Bertz CT molecular complexity index is 247. The van der Waals surface area contributed by atoms with Crippen molar-refractivity contribution in [2.24, 2.45) is 0 Å². The number of rotatable bonds is 10. The van der Waals surface area contributed by atoms with Crippen molar-refractivity contribution in [2.45, 2.75) is 46.2 Å². The van der Waals surface area contributed by atoms with Gasteiger partial charge in [0, 0.05) is 19.3 Å². The van der Waals surface area contributed by atoms with Gasteiger partial charge in [0.05, 0.1) is 6.61 Å². The second-order valence-electron chi connectivity index (χ2n) is 4.12. The number of allylic oxidation sites excluding steroid dienone is 1. The number of esters is 1. The van der Waals surface area contributed by atoms with Crippen molar-refractivity contribution in [1.82, 2.24) is 0 Å². The van der Waals surface area contributed by atoms with Gasteiger partial charge in [0.25, 0.3) is 0 Å². The van der Waals surface area contributed by atoms with Crippen LogP contribution in [0, 0.1) is 0 Å². The maximum absolute atomic E-state index is 11.1. The van der Waals surface area contributed by atoms with Gasteiger partial charge in [-0.15, -0.1) is 0 Å². The van der Waals surface area contributed by atoms with E-state index in [1.54, 1.807) is 13.0 Å². The number of hydrogen-bond acceptors (Lipinski definition) is 4. The highest BCUT2D eigenvalue weighted by Crippen LogP contribution is 2.17. The molecule has 0 aromatic carbocycles. The zero-order valence-corrected chi connectivity index (χ0v) is 13.0. The molecule has 0 rings (SSSR count). The first-order valence-corrected chi connectivity index (χ1v) is 9.17. The van der Waals surface area contributed by atoms with Gasteiger partial charge in [0.15, 0.2) is 0 Å². The highest BCUT2D eigenvalue weighted by atomic mass is 28.4. The van der Waals surface area contributed by atoms with E-state index in [9.17, 15) is 4.79 Å². The molecule has 0 amide bonds. The van der Waals surface area contributed by atoms with Crippen LogP contribution in [0.1, 0.15) is 33.6 Å². The fourth-order valence-corrected chi connectivity index (χ4v) is 4.19. The molecule has 0 spiro atoms. The lowest BCUT2D eigenvalue weighted by atomic mass is 10.3. The Morgan fingerprint density at radius 2 is 1.78 bits per heavy atom. The largest absolute Gasteiger partial charge is 0.463 e. The van der Waals surface area contributed by atoms with Crippen LogP contribution in [-0.2, 0) is 18.4 Å². The fraction of sp³-hybridized carbons (Fsp3) is 0.769. The molecule has 0 aromatic heterocycles. The van der Waals surface area contributed by atoms with Crippen LogP contribution in [0.4, 0.5) is 0 Å². The first kappa shape index (κ1) is 17.3. The summed E-state index contributed by atoms with van der Waals surface area (Å²) < 4.78 is 16.5. The lowest BCUT2D eigenvalue weighted by Gasteiger charge is -2.25. The summed E-state index contributed by atoms with van der Waals surface area (Å²) >= 11 is 0. The zero-order valence-electron chi connectivity index (χ0n) is 12.0. The molecule has 0 atom stereocenters. The molecule has 0 fully saturated rings. The SMILES string of the molecule is CC=CC(=O)OCCCC[Si](C)(OCC)OCC. The summed E-state index contributed by atoms with van der Waals surface area (Å²) in [4.78, 5) is 11.1. The van der Waals surface area contributed by atoms with Crippen molar-refractivity contribution in [3.05, 3.63) is 12.2 Å². The summed E-state index contributed by atoms with van der Waals surface area (Å²) in [5.41, 5.74) is 0. The van der Waals surface area contributed by atoms with Crippen molar-refractivity contribution < 1.29 is 18.4 Å². The van der Waals surface area contributed by atoms with Gasteiger partial charge in [-0.25, -0.2) is 4.79 Å². The van der Waals surface area contributed by atoms with Crippen LogP contribution in [0.15, 0.2) is 12.2 Å². The third-order valence-electron chi connectivity index (χ3n) is 2.47. The quantitative estimate of drug-likeness (QED) is 0.266. The van der Waals surface area contributed by atoms with Crippen LogP contribution in [0.2, 0.25) is 12.6 Å². The highest BCUT2D eigenvalue weighted by Gasteiger charge is 2.29. The normalized spacial score (nSPS) is 12.0. The minimum Gasteiger partial charge on any atom is -0.463 e. The summed E-state index contributed by atoms with van der Waals surface area (Å²) in [6.07, 6.45) is 4.92. The summed E-state index contributed by atoms with van der Waals surface area (Å²) in [7, 11) is -2.00. The van der Waals surface area contributed by atoms with Crippen LogP contribution >= 0.6 is 0 Å². The van der Waals surface area contributed by atoms with E-state index in [0.29, 0.717) is 19.8 Å². The lowest BCUT2D eigenvalue weighted by Crippen LogP contribution is -2.38. The molecule has 0 unspecified atom stereocenters. The number of carbonyl (C=O) groups is 1. The minimum absolute atomic E-state index is 0.271. The van der Waals surface area contributed by atoms with E-state index in [4.69, 9.17) is 13.6 Å². The van der Waals surface area contributed by atoms with Gasteiger partial charge < -0.3 is 13.6 Å². The maximum atomic E-state index is 11.1. The van der Waals surface area contributed by atoms with Crippen molar-refractivity contribution >= 4 is 14.5 Å². The minimum atomic E-state index is -2.00. The molecule has 0 aromatic rings. The Labute approximate surface area is 112 Å². The molecule has 0 saturated heterocycles. The van der Waals surface area contributed by atoms with Crippen molar-refractivity contribution in [3.8, 4) is 0 Å². The van der Waals surface area contributed by atoms with Crippen LogP contribution in [0.5, 0.6) is 0 Å². The van der Waals surface area contributed by atoms with Crippen molar-refractivity contribution in [2.75, 3.05) is 19.8 Å². The maximum Gasteiger partial charge on any atom is 0.334 e. The molecule has 4 nitrogen and oxygen atoms in total. The van der Waals surface area contributed by atoms with E-state index in [1.807, 2.05) is 13.8 Å². The first-order valence-electron chi connectivity index (χ1n) is 6.65. The van der Waals surface area contributed by atoms with Crippen molar-refractivity contribution in [3.63, 3.8) is 0 Å². The Morgan fingerprint density at radius 1 is 1.17 bits per heavy atom. The summed E-state index contributed by atoms with van der Waals surface area (Å²) in [6.45, 7) is 9.71. The van der Waals surface area contributed by atoms with Gasteiger partial charge >= 0.3 is 14.5 Å². The van der Waals surface area contributed by atoms with Gasteiger partial charge in [0.2, 0.25) is 0 Å². The molecule has 0 saturated carbocycles. The average Bonchev–Trinajstić information content (AvgIpc) is 2.29. The number of hydrogen-bond donors (Lipinski definition) is 0. The molecule has 0 radical (unpaired) electrons. The molecular weight excluding hydrogens is 248 g/mol. The van der Waals surface area contributed by atoms with Gasteiger partial charge in [-0.3, -0.25) is 0 Å². The van der Waals surface area contributed by atoms with E-state index >= 15 is 0 Å². The predicted octanol–water partition coefficient (Wildman–Crippen LogP) is 3.03. The van der Waals surface area contributed by atoms with Gasteiger partial charge in [0.1, 0.15) is 0 Å². The number of unbranched alkanes of at least 4 members (excludes halogenated alkanes) is 1. The Balaban J connectivity index is 3.76. The van der Waals surface area contributed by atoms with E-state index in [2.05, 4.69) is 6.55 Å². The molecule has 0 aliphatic heterocycles. The summed E-state index contributed by atoms with van der Waals surface area (Å²) in [5, 5.41) is 0. The van der Waals surface area contributed by atoms with E-state index in [1.165, 1.54) is 6.08 Å². The van der Waals surface area contributed by atoms with Gasteiger partial charge in [-0.1, -0.05) is 6.08 Å². The topological polar surface area (TPSA) is 44.8 Å². The molecule has 0 aliphatic carbocycles. The molecule has 0 N–H and O–H groups in total. The monoisotopic (exact) mass is 274 g/mol. The Morgan fingerprint density at radius 3 is 2.28 bits per heavy atom. The van der Waals surface area contributed by atoms with Gasteiger partial charge in [-0.2, -0.15) is 0 Å². The number of carbonyl (C=O) groups excluding carboxylic acids is 1. The zero-order chi connectivity index (χ0) is 13.9. The molecular formula is C13H26O4Si. The fourth-order valence-electron chi connectivity index (χ4n) is 1.70. The van der Waals surface area contributed by atoms with Crippen molar-refractivity contribution in [1.29, 1.82) is 0 Å². The molecule has 0 heterocycles. The van der Waals surface area contributed by atoms with Crippen LogP contribution in [0.25, 0.3) is 0 Å². The van der Waals surface area contributed by atoms with E-state index in [-0.39, 0.29) is 5.97 Å². The smallest absolute Gasteiger partial charge is 0.334 e. The van der Waals surface area contributed by atoms with Crippen LogP contribution in [0.3, 0.4) is 0 Å². The van der Waals surface area contributed by atoms with E-state index < -0.39 is 8.56 Å². The molecule has 5 heteroatoms. The molecule has 18 heavy (non-hydrogen) atoms. The molecule has 0 aliphatic rings. The lowest BCUT2D eigenvalue weighted by molar-refractivity contribution is -0.137. The van der Waals surface area contributed by atoms with E-state index in [0.717, 1.165) is 18.9 Å². The summed E-state index contributed by atoms with van der Waals surface area (Å²) in [5.74, 6) is -0.271. The van der Waals surface area contributed by atoms with Crippen LogP contribution < -0.4 is 0 Å². The second-order valence-corrected chi connectivity index (χ2v) is 7.47. The third kappa shape index (κ3) is 8.44.